The maximum Gasteiger partial charge on any atom is 0.408 e. The summed E-state index contributed by atoms with van der Waals surface area (Å²) in [5.41, 5.74) is 11.0. The molecule has 7 rings (SSSR count). The van der Waals surface area contributed by atoms with Crippen LogP contribution in [0, 0.1) is 5.41 Å². The summed E-state index contributed by atoms with van der Waals surface area (Å²) in [6.07, 6.45) is 1.54. The lowest BCUT2D eigenvalue weighted by Crippen LogP contribution is -2.52. The van der Waals surface area contributed by atoms with E-state index in [4.69, 9.17) is 19.2 Å². The molecular formula is C50H67F2N7O7. The van der Waals surface area contributed by atoms with Crippen molar-refractivity contribution >= 4 is 34.6 Å². The van der Waals surface area contributed by atoms with E-state index in [1.807, 2.05) is 45.2 Å². The van der Waals surface area contributed by atoms with Crippen molar-refractivity contribution in [2.75, 3.05) is 51.3 Å². The molecule has 2 aromatic heterocycles. The van der Waals surface area contributed by atoms with Crippen molar-refractivity contribution in [1.29, 1.82) is 0 Å². The molecule has 3 aliphatic rings. The summed E-state index contributed by atoms with van der Waals surface area (Å²) in [5, 5.41) is 14.1. The highest BCUT2D eigenvalue weighted by Crippen LogP contribution is 2.43. The number of carbonyl (C=O) groups excluding carboxylic acids is 3. The van der Waals surface area contributed by atoms with E-state index in [0.29, 0.717) is 55.1 Å². The molecule has 16 heteroatoms. The average Bonchev–Trinajstić information content (AvgIpc) is 3.89. The number of nitrogens with zero attached hydrogens (tertiary/aromatic N) is 4. The van der Waals surface area contributed by atoms with Crippen LogP contribution in [0.1, 0.15) is 109 Å². The summed E-state index contributed by atoms with van der Waals surface area (Å²) in [4.78, 5) is 49.9. The van der Waals surface area contributed by atoms with E-state index in [2.05, 4.69) is 43.5 Å². The van der Waals surface area contributed by atoms with Gasteiger partial charge in [0.2, 0.25) is 0 Å². The van der Waals surface area contributed by atoms with Crippen LogP contribution >= 0.6 is 0 Å². The lowest BCUT2D eigenvalue weighted by molar-refractivity contribution is -0.163. The second-order valence-corrected chi connectivity index (χ2v) is 19.8. The van der Waals surface area contributed by atoms with Crippen molar-refractivity contribution in [1.82, 2.24) is 30.6 Å². The number of carbonyl (C=O) groups is 3. The Hall–Kier alpha value is -5.00. The highest BCUT2D eigenvalue weighted by molar-refractivity contribution is 5.96. The number of alkyl carbamates (subject to hydrolysis) is 1. The summed E-state index contributed by atoms with van der Waals surface area (Å²) in [5.74, 6) is -1.87. The standard InChI is InChI=1S/C50H67F2N7O7/c1-9-59-42-15-14-32(33-20-31(21-34(23-33)45(51)52)22-41(55-48(63)66-49(3,4)5)47(62)65-46(61)40-13-10-16-54-56-40)24-37(42)39(26-50(6,7)29-60)44(59)38-25-36(27-53-43(38)30(2)64-8)58-19-18-57-17-11-12-35(57)28-58/h14-15,20-21,23-25,27,30,35,40-41,45,54,56,60H,9-13,16-19,22,26,28-29H2,1-8H3,(H,55,63)/t30-,35+,40?,41-/m0/s1. The summed E-state index contributed by atoms with van der Waals surface area (Å²) >= 11 is 0. The number of hydrazine groups is 1. The van der Waals surface area contributed by atoms with Crippen LogP contribution in [0.3, 0.4) is 0 Å². The number of pyridine rings is 1. The smallest absolute Gasteiger partial charge is 0.408 e. The van der Waals surface area contributed by atoms with E-state index in [0.717, 1.165) is 65.3 Å². The number of alkyl halides is 2. The molecule has 3 fully saturated rings. The number of nitrogens with one attached hydrogen (secondary N) is 3. The van der Waals surface area contributed by atoms with Gasteiger partial charge in [0.15, 0.2) is 0 Å². The summed E-state index contributed by atoms with van der Waals surface area (Å²) in [6, 6.07) is 10.9. The van der Waals surface area contributed by atoms with Crippen molar-refractivity contribution in [2.24, 2.45) is 5.41 Å². The largest absolute Gasteiger partial charge is 0.444 e. The molecule has 3 aliphatic heterocycles. The summed E-state index contributed by atoms with van der Waals surface area (Å²) in [6.45, 7) is 18.3. The number of aromatic nitrogens is 2. The maximum absolute atomic E-state index is 14.8. The van der Waals surface area contributed by atoms with Crippen molar-refractivity contribution < 1.29 is 42.5 Å². The third kappa shape index (κ3) is 11.2. The number of amides is 1. The third-order valence-corrected chi connectivity index (χ3v) is 13.0. The lowest BCUT2D eigenvalue weighted by Gasteiger charge is -2.39. The Balaban J connectivity index is 1.32. The van der Waals surface area contributed by atoms with Gasteiger partial charge in [0.25, 0.3) is 6.43 Å². The first-order valence-corrected chi connectivity index (χ1v) is 23.3. The number of halogens is 2. The minimum atomic E-state index is -2.87. The highest BCUT2D eigenvalue weighted by atomic mass is 19.3. The monoisotopic (exact) mass is 916 g/mol. The molecule has 0 spiro atoms. The average molecular weight is 916 g/mol. The summed E-state index contributed by atoms with van der Waals surface area (Å²) in [7, 11) is 1.67. The number of hydrogen-bond acceptors (Lipinski definition) is 12. The van der Waals surface area contributed by atoms with E-state index >= 15 is 0 Å². The van der Waals surface area contributed by atoms with E-state index in [9.17, 15) is 28.3 Å². The van der Waals surface area contributed by atoms with E-state index in [-0.39, 0.29) is 24.7 Å². The Bertz CT molecular complexity index is 2390. The molecule has 3 saturated heterocycles. The second-order valence-electron chi connectivity index (χ2n) is 19.8. The minimum Gasteiger partial charge on any atom is -0.444 e. The fourth-order valence-electron chi connectivity index (χ4n) is 9.53. The minimum absolute atomic E-state index is 0.0728. The van der Waals surface area contributed by atoms with Crippen LogP contribution in [0.4, 0.5) is 19.3 Å². The fraction of sp³-hybridized carbons (Fsp3) is 0.560. The number of piperazine rings is 1. The molecule has 358 valence electrons. The maximum atomic E-state index is 14.8. The zero-order valence-corrected chi connectivity index (χ0v) is 39.6. The first kappa shape index (κ1) is 48.9. The molecule has 0 bridgehead atoms. The van der Waals surface area contributed by atoms with Crippen LogP contribution in [-0.2, 0) is 43.2 Å². The first-order valence-electron chi connectivity index (χ1n) is 23.3. The predicted octanol–water partition coefficient (Wildman–Crippen LogP) is 7.64. The van der Waals surface area contributed by atoms with Crippen molar-refractivity contribution in [3.63, 3.8) is 0 Å². The van der Waals surface area contributed by atoms with Gasteiger partial charge in [0.1, 0.15) is 17.7 Å². The fourth-order valence-corrected chi connectivity index (χ4v) is 9.53. The number of esters is 2. The number of anilines is 1. The first-order chi connectivity index (χ1) is 31.4. The molecule has 0 aliphatic carbocycles. The van der Waals surface area contributed by atoms with Gasteiger partial charge in [-0.05, 0) is 125 Å². The number of methoxy groups -OCH3 is 1. The number of aliphatic hydroxyl groups is 1. The Morgan fingerprint density at radius 2 is 1.79 bits per heavy atom. The van der Waals surface area contributed by atoms with Gasteiger partial charge in [-0.15, -0.1) is 0 Å². The molecule has 66 heavy (non-hydrogen) atoms. The van der Waals surface area contributed by atoms with Gasteiger partial charge in [-0.1, -0.05) is 32.0 Å². The lowest BCUT2D eigenvalue weighted by atomic mass is 9.84. The van der Waals surface area contributed by atoms with E-state index in [1.54, 1.807) is 33.9 Å². The molecule has 0 saturated carbocycles. The topological polar surface area (TPSA) is 160 Å². The number of benzene rings is 2. The Morgan fingerprint density at radius 1 is 1.00 bits per heavy atom. The Kier molecular flexibility index (Phi) is 15.2. The van der Waals surface area contributed by atoms with Crippen LogP contribution in [0.15, 0.2) is 48.7 Å². The van der Waals surface area contributed by atoms with Gasteiger partial charge in [0.05, 0.1) is 29.4 Å². The van der Waals surface area contributed by atoms with Crippen molar-refractivity contribution in [3.8, 4) is 22.4 Å². The SMILES string of the molecule is CCn1c(-c2cc(N3CCN4CCC[C@@H]4C3)cnc2[C@H](C)OC)c(CC(C)(C)CO)c2cc(-c3cc(C[C@H](NC(=O)OC(C)(C)C)C(=O)OC(=O)C4CCCNN4)cc(C(F)F)c3)ccc21. The number of aliphatic hydroxyl groups excluding tert-OH is 1. The van der Waals surface area contributed by atoms with Gasteiger partial charge < -0.3 is 34.1 Å². The van der Waals surface area contributed by atoms with Crippen molar-refractivity contribution in [3.05, 3.63) is 71.0 Å². The Labute approximate surface area is 386 Å². The van der Waals surface area contributed by atoms with Crippen molar-refractivity contribution in [2.45, 2.75) is 130 Å². The van der Waals surface area contributed by atoms with Gasteiger partial charge in [-0.2, -0.15) is 0 Å². The number of hydrogen-bond donors (Lipinski definition) is 4. The van der Waals surface area contributed by atoms with Crippen LogP contribution in [-0.4, -0.2) is 108 Å². The van der Waals surface area contributed by atoms with E-state index in [1.165, 1.54) is 25.0 Å². The third-order valence-electron chi connectivity index (χ3n) is 13.0. The molecule has 14 nitrogen and oxygen atoms in total. The normalized spacial score (nSPS) is 19.2. The molecule has 1 unspecified atom stereocenters. The zero-order valence-electron chi connectivity index (χ0n) is 39.6. The van der Waals surface area contributed by atoms with E-state index < -0.39 is 47.6 Å². The number of aryl methyl sites for hydroxylation is 1. The Morgan fingerprint density at radius 3 is 2.47 bits per heavy atom. The molecule has 4 aromatic rings. The molecule has 4 atom stereocenters. The molecule has 2 aromatic carbocycles. The second kappa shape index (κ2) is 20.5. The number of ether oxygens (including phenoxy) is 3. The summed E-state index contributed by atoms with van der Waals surface area (Å²) < 4.78 is 48.5. The molecule has 4 N–H and O–H groups in total. The van der Waals surface area contributed by atoms with Gasteiger partial charge in [-0.25, -0.2) is 28.6 Å². The van der Waals surface area contributed by atoms with Crippen LogP contribution in [0.5, 0.6) is 0 Å². The number of rotatable bonds is 15. The van der Waals surface area contributed by atoms with Crippen LogP contribution < -0.4 is 21.1 Å². The van der Waals surface area contributed by atoms with Gasteiger partial charge in [0, 0.05) is 80.9 Å². The number of fused-ring (bicyclic) bond motifs is 2. The van der Waals surface area contributed by atoms with Gasteiger partial charge >= 0.3 is 18.0 Å². The molecule has 5 heterocycles. The predicted molar refractivity (Wildman–Crippen MR) is 250 cm³/mol. The molecule has 1 amide bonds. The van der Waals surface area contributed by atoms with Crippen LogP contribution in [0.25, 0.3) is 33.3 Å². The quantitative estimate of drug-likeness (QED) is 0.0683. The molecule has 0 radical (unpaired) electrons. The molecular weight excluding hydrogens is 849 g/mol. The highest BCUT2D eigenvalue weighted by Gasteiger charge is 2.34. The van der Waals surface area contributed by atoms with Gasteiger partial charge in [-0.3, -0.25) is 15.3 Å². The van der Waals surface area contributed by atoms with Crippen LogP contribution in [0.2, 0.25) is 0 Å². The zero-order chi connectivity index (χ0) is 47.5.